The number of nitrogens with one attached hydrogen (secondary N) is 1. The molecule has 0 radical (unpaired) electrons. The van der Waals surface area contributed by atoms with E-state index in [2.05, 4.69) is 27.9 Å². The molecule has 0 unspecified atom stereocenters. The maximum absolute atomic E-state index is 10.7. The second-order valence-corrected chi connectivity index (χ2v) is 5.37. The Hall–Kier alpha value is -1.87. The molecule has 0 saturated heterocycles. The van der Waals surface area contributed by atoms with E-state index < -0.39 is 4.92 Å². The van der Waals surface area contributed by atoms with Crippen LogP contribution < -0.4 is 15.8 Å². The zero-order valence-corrected chi connectivity index (χ0v) is 13.2. The van der Waals surface area contributed by atoms with Crippen LogP contribution in [0.25, 0.3) is 0 Å². The minimum atomic E-state index is -0.410. The average molecular weight is 399 g/mol. The number of rotatable bonds is 6. The fraction of sp³-hybridized carbons (Fsp3) is 0.143. The number of nitro groups is 1. The van der Waals surface area contributed by atoms with E-state index in [1.165, 1.54) is 12.1 Å². The average Bonchev–Trinajstić information content (AvgIpc) is 2.47. The smallest absolute Gasteiger partial charge is 0.270 e. The molecule has 0 bridgehead atoms. The Morgan fingerprint density at radius 1 is 1.29 bits per heavy atom. The Balaban J connectivity index is 2.16. The summed E-state index contributed by atoms with van der Waals surface area (Å²) in [5.41, 5.74) is 7.12. The molecule has 2 aromatic rings. The number of nitrogens with zero attached hydrogens (tertiary/aromatic N) is 1. The highest BCUT2D eigenvalue weighted by molar-refractivity contribution is 14.1. The fourth-order valence-corrected chi connectivity index (χ4v) is 2.35. The molecule has 0 saturated carbocycles. The Morgan fingerprint density at radius 2 is 2.10 bits per heavy atom. The van der Waals surface area contributed by atoms with Gasteiger partial charge in [0.05, 0.1) is 10.6 Å². The number of halogens is 1. The van der Waals surface area contributed by atoms with Crippen molar-refractivity contribution >= 4 is 39.7 Å². The molecule has 110 valence electrons. The minimum absolute atomic E-state index is 0.0741. The summed E-state index contributed by atoms with van der Waals surface area (Å²) in [6.45, 7) is 0.913. The molecule has 2 rings (SSSR count). The number of hydrogen-bond acceptors (Lipinski definition) is 5. The summed E-state index contributed by atoms with van der Waals surface area (Å²) in [4.78, 5) is 10.3. The van der Waals surface area contributed by atoms with E-state index in [-0.39, 0.29) is 5.69 Å². The van der Waals surface area contributed by atoms with E-state index in [1.807, 2.05) is 24.3 Å². The van der Waals surface area contributed by atoms with Crippen molar-refractivity contribution in [1.82, 2.24) is 0 Å². The molecule has 0 spiro atoms. The maximum atomic E-state index is 10.7. The predicted molar refractivity (Wildman–Crippen MR) is 90.1 cm³/mol. The third kappa shape index (κ3) is 4.30. The van der Waals surface area contributed by atoms with E-state index in [1.54, 1.807) is 6.07 Å². The highest BCUT2D eigenvalue weighted by Crippen LogP contribution is 2.27. The van der Waals surface area contributed by atoms with Crippen molar-refractivity contribution in [2.75, 3.05) is 18.5 Å². The highest BCUT2D eigenvalue weighted by atomic mass is 127. The van der Waals surface area contributed by atoms with Gasteiger partial charge in [0.1, 0.15) is 12.4 Å². The van der Waals surface area contributed by atoms with Gasteiger partial charge in [-0.3, -0.25) is 10.1 Å². The molecule has 0 amide bonds. The molecule has 0 aliphatic rings. The molecular formula is C14H14IN3O3. The van der Waals surface area contributed by atoms with Gasteiger partial charge in [-0.2, -0.15) is 0 Å². The van der Waals surface area contributed by atoms with Gasteiger partial charge >= 0.3 is 0 Å². The molecule has 0 fully saturated rings. The van der Waals surface area contributed by atoms with Crippen LogP contribution in [0.15, 0.2) is 42.5 Å². The van der Waals surface area contributed by atoms with Gasteiger partial charge in [-0.25, -0.2) is 0 Å². The van der Waals surface area contributed by atoms with Crippen LogP contribution in [0.4, 0.5) is 17.1 Å². The van der Waals surface area contributed by atoms with Crippen LogP contribution in [0.5, 0.6) is 5.75 Å². The van der Waals surface area contributed by atoms with Gasteiger partial charge in [-0.05, 0) is 40.8 Å². The van der Waals surface area contributed by atoms with Gasteiger partial charge in [0.15, 0.2) is 0 Å². The van der Waals surface area contributed by atoms with E-state index in [9.17, 15) is 10.1 Å². The standard InChI is InChI=1S/C14H14IN3O3/c15-13-9-11(18(19)20)4-5-14(13)17-10-2-1-3-12(8-10)21-7-6-16/h1-5,8-9,17H,6-7,16H2. The van der Waals surface area contributed by atoms with Crippen LogP contribution in [0.1, 0.15) is 0 Å². The summed E-state index contributed by atoms with van der Waals surface area (Å²) in [7, 11) is 0. The van der Waals surface area contributed by atoms with Gasteiger partial charge in [-0.1, -0.05) is 6.07 Å². The van der Waals surface area contributed by atoms with Crippen LogP contribution in [0.2, 0.25) is 0 Å². The number of benzene rings is 2. The second kappa shape index (κ2) is 7.23. The topological polar surface area (TPSA) is 90.4 Å². The molecule has 0 aliphatic carbocycles. The fourth-order valence-electron chi connectivity index (χ4n) is 1.71. The second-order valence-electron chi connectivity index (χ2n) is 4.21. The summed E-state index contributed by atoms with van der Waals surface area (Å²) in [5, 5.41) is 13.9. The first-order valence-electron chi connectivity index (χ1n) is 6.24. The zero-order chi connectivity index (χ0) is 15.2. The molecule has 7 heteroatoms. The number of non-ortho nitro benzene ring substituents is 1. The maximum Gasteiger partial charge on any atom is 0.270 e. The van der Waals surface area contributed by atoms with E-state index in [0.29, 0.717) is 13.2 Å². The van der Waals surface area contributed by atoms with Gasteiger partial charge in [0.25, 0.3) is 5.69 Å². The summed E-state index contributed by atoms with van der Waals surface area (Å²) in [6, 6.07) is 12.2. The monoisotopic (exact) mass is 399 g/mol. The molecule has 0 heterocycles. The molecule has 3 N–H and O–H groups in total. The van der Waals surface area contributed by atoms with Crippen molar-refractivity contribution in [3.05, 3.63) is 56.1 Å². The first kappa shape index (κ1) is 15.5. The number of ether oxygens (including phenoxy) is 1. The Morgan fingerprint density at radius 3 is 2.76 bits per heavy atom. The van der Waals surface area contributed by atoms with E-state index in [4.69, 9.17) is 10.5 Å². The van der Waals surface area contributed by atoms with Crippen LogP contribution in [-0.2, 0) is 0 Å². The third-order valence-corrected chi connectivity index (χ3v) is 3.56. The summed E-state index contributed by atoms with van der Waals surface area (Å²) >= 11 is 2.06. The first-order valence-corrected chi connectivity index (χ1v) is 7.32. The Kier molecular flexibility index (Phi) is 5.34. The molecule has 0 aromatic heterocycles. The molecule has 6 nitrogen and oxygen atoms in total. The lowest BCUT2D eigenvalue weighted by Gasteiger charge is -2.10. The van der Waals surface area contributed by atoms with Crippen LogP contribution in [0.3, 0.4) is 0 Å². The third-order valence-electron chi connectivity index (χ3n) is 2.66. The van der Waals surface area contributed by atoms with Crippen LogP contribution in [-0.4, -0.2) is 18.1 Å². The van der Waals surface area contributed by atoms with Crippen LogP contribution in [0, 0.1) is 13.7 Å². The number of hydrogen-bond donors (Lipinski definition) is 2. The van der Waals surface area contributed by atoms with Crippen LogP contribution >= 0.6 is 22.6 Å². The number of anilines is 2. The Labute approximate surface area is 135 Å². The molecular weight excluding hydrogens is 385 g/mol. The molecule has 2 aromatic carbocycles. The summed E-state index contributed by atoms with van der Waals surface area (Å²) < 4.78 is 6.23. The van der Waals surface area contributed by atoms with Crippen molar-refractivity contribution in [2.45, 2.75) is 0 Å². The lowest BCUT2D eigenvalue weighted by molar-refractivity contribution is -0.384. The number of nitro benzene ring substituents is 1. The highest BCUT2D eigenvalue weighted by Gasteiger charge is 2.09. The van der Waals surface area contributed by atoms with Crippen molar-refractivity contribution < 1.29 is 9.66 Å². The van der Waals surface area contributed by atoms with Gasteiger partial charge < -0.3 is 15.8 Å². The summed E-state index contributed by atoms with van der Waals surface area (Å²) in [6.07, 6.45) is 0. The lowest BCUT2D eigenvalue weighted by atomic mass is 10.2. The minimum Gasteiger partial charge on any atom is -0.492 e. The van der Waals surface area contributed by atoms with Gasteiger partial charge in [-0.15, -0.1) is 0 Å². The molecule has 0 atom stereocenters. The number of nitrogens with two attached hydrogens (primary N) is 1. The zero-order valence-electron chi connectivity index (χ0n) is 11.1. The molecule has 21 heavy (non-hydrogen) atoms. The SMILES string of the molecule is NCCOc1cccc(Nc2ccc([N+](=O)[O-])cc2I)c1. The largest absolute Gasteiger partial charge is 0.492 e. The van der Waals surface area contributed by atoms with E-state index in [0.717, 1.165) is 20.7 Å². The predicted octanol–water partition coefficient (Wildman–Crippen LogP) is 3.28. The van der Waals surface area contributed by atoms with Gasteiger partial charge in [0, 0.05) is 34.0 Å². The first-order chi connectivity index (χ1) is 10.1. The lowest BCUT2D eigenvalue weighted by Crippen LogP contribution is -2.10. The van der Waals surface area contributed by atoms with Crippen molar-refractivity contribution in [2.24, 2.45) is 5.73 Å². The van der Waals surface area contributed by atoms with E-state index >= 15 is 0 Å². The molecule has 0 aliphatic heterocycles. The normalized spacial score (nSPS) is 10.2. The van der Waals surface area contributed by atoms with Crippen molar-refractivity contribution in [3.63, 3.8) is 0 Å². The Bertz CT molecular complexity index is 649. The summed E-state index contributed by atoms with van der Waals surface area (Å²) in [5.74, 6) is 0.724. The quantitative estimate of drug-likeness (QED) is 0.442. The van der Waals surface area contributed by atoms with Crippen molar-refractivity contribution in [1.29, 1.82) is 0 Å². The van der Waals surface area contributed by atoms with Crippen molar-refractivity contribution in [3.8, 4) is 5.75 Å². The van der Waals surface area contributed by atoms with Gasteiger partial charge in [0.2, 0.25) is 0 Å².